The molecule has 0 radical (unpaired) electrons. The molecule has 3 aromatic rings. The number of amides is 1. The van der Waals surface area contributed by atoms with Crippen molar-refractivity contribution in [2.45, 2.75) is 71.5 Å². The lowest BCUT2D eigenvalue weighted by Crippen LogP contribution is -2.40. The zero-order valence-electron chi connectivity index (χ0n) is 23.4. The van der Waals surface area contributed by atoms with Gasteiger partial charge in [-0.15, -0.1) is 0 Å². The predicted octanol–water partition coefficient (Wildman–Crippen LogP) is 6.03. The SMILES string of the molecule is CC(C)OC(=O)CCCC(=O)c1ccc2c(c1)nc(C(C)C1CCN(C(=O)OCc3ccccc3)CC1)n2C. The number of esters is 1. The molecule has 8 heteroatoms. The molecule has 1 fully saturated rings. The second-order valence-electron chi connectivity index (χ2n) is 10.7. The molecule has 2 aromatic carbocycles. The molecule has 1 amide bonds. The van der Waals surface area contributed by atoms with Crippen molar-refractivity contribution >= 4 is 28.9 Å². The van der Waals surface area contributed by atoms with Gasteiger partial charge in [-0.3, -0.25) is 9.59 Å². The van der Waals surface area contributed by atoms with E-state index < -0.39 is 0 Å². The number of nitrogens with zero attached hydrogens (tertiary/aromatic N) is 3. The Balaban J connectivity index is 1.32. The van der Waals surface area contributed by atoms with Gasteiger partial charge >= 0.3 is 12.1 Å². The highest BCUT2D eigenvalue weighted by Gasteiger charge is 2.30. The fourth-order valence-electron chi connectivity index (χ4n) is 5.26. The number of Topliss-reactive ketones (excluding diaryl/α,β-unsaturated/α-hetero) is 1. The van der Waals surface area contributed by atoms with Crippen LogP contribution in [0.25, 0.3) is 11.0 Å². The second-order valence-corrected chi connectivity index (χ2v) is 10.7. The summed E-state index contributed by atoms with van der Waals surface area (Å²) in [6, 6.07) is 15.3. The second kappa shape index (κ2) is 12.9. The van der Waals surface area contributed by atoms with Crippen LogP contribution in [0.5, 0.6) is 0 Å². The van der Waals surface area contributed by atoms with E-state index in [2.05, 4.69) is 11.5 Å². The van der Waals surface area contributed by atoms with Crippen LogP contribution in [0.1, 0.15) is 80.5 Å². The predicted molar refractivity (Wildman–Crippen MR) is 149 cm³/mol. The molecule has 0 saturated carbocycles. The molecule has 39 heavy (non-hydrogen) atoms. The van der Waals surface area contributed by atoms with Crippen molar-refractivity contribution in [3.63, 3.8) is 0 Å². The largest absolute Gasteiger partial charge is 0.463 e. The van der Waals surface area contributed by atoms with Crippen molar-refractivity contribution in [3.8, 4) is 0 Å². The molecule has 208 valence electrons. The van der Waals surface area contributed by atoms with Crippen molar-refractivity contribution < 1.29 is 23.9 Å². The molecular weight excluding hydrogens is 494 g/mol. The normalized spacial score (nSPS) is 14.9. The fraction of sp³-hybridized carbons (Fsp3) is 0.484. The van der Waals surface area contributed by atoms with Crippen LogP contribution in [0.15, 0.2) is 48.5 Å². The Morgan fingerprint density at radius 1 is 1.00 bits per heavy atom. The first kappa shape index (κ1) is 28.3. The maximum atomic E-state index is 12.7. The first-order chi connectivity index (χ1) is 18.7. The van der Waals surface area contributed by atoms with Crippen molar-refractivity contribution in [1.82, 2.24) is 14.5 Å². The molecule has 0 bridgehead atoms. The Bertz CT molecular complexity index is 1290. The van der Waals surface area contributed by atoms with E-state index in [1.54, 1.807) is 4.90 Å². The van der Waals surface area contributed by atoms with E-state index in [1.165, 1.54) is 0 Å². The monoisotopic (exact) mass is 533 g/mol. The third-order valence-corrected chi connectivity index (χ3v) is 7.51. The Kier molecular flexibility index (Phi) is 9.38. The molecule has 0 N–H and O–H groups in total. The van der Waals surface area contributed by atoms with Gasteiger partial charge in [0, 0.05) is 44.5 Å². The summed E-state index contributed by atoms with van der Waals surface area (Å²) in [6.07, 6.45) is 2.35. The Labute approximate surface area is 230 Å². The van der Waals surface area contributed by atoms with E-state index in [1.807, 2.05) is 69.4 Å². The smallest absolute Gasteiger partial charge is 0.410 e. The standard InChI is InChI=1S/C31H39N3O5/c1-21(2)39-29(36)12-8-11-28(35)25-13-14-27-26(19-25)32-30(33(27)4)22(3)24-15-17-34(18-16-24)31(37)38-20-23-9-6-5-7-10-23/h5-7,9-10,13-14,19,21-22,24H,8,11-12,15-18,20H2,1-4H3. The lowest BCUT2D eigenvalue weighted by atomic mass is 9.85. The number of ether oxygens (including phenoxy) is 2. The molecule has 1 unspecified atom stereocenters. The molecule has 1 aromatic heterocycles. The number of ketones is 1. The summed E-state index contributed by atoms with van der Waals surface area (Å²) >= 11 is 0. The molecule has 4 rings (SSSR count). The van der Waals surface area contributed by atoms with E-state index in [0.29, 0.717) is 37.4 Å². The summed E-state index contributed by atoms with van der Waals surface area (Å²) in [5.41, 5.74) is 3.37. The number of benzene rings is 2. The fourth-order valence-corrected chi connectivity index (χ4v) is 5.26. The molecule has 0 spiro atoms. The lowest BCUT2D eigenvalue weighted by Gasteiger charge is -2.34. The zero-order valence-corrected chi connectivity index (χ0v) is 23.4. The average Bonchev–Trinajstić information content (AvgIpc) is 3.27. The van der Waals surface area contributed by atoms with E-state index in [0.717, 1.165) is 35.3 Å². The topological polar surface area (TPSA) is 90.7 Å². The van der Waals surface area contributed by atoms with Crippen LogP contribution in [0.2, 0.25) is 0 Å². The number of piperidine rings is 1. The number of fused-ring (bicyclic) bond motifs is 1. The number of hydrogen-bond donors (Lipinski definition) is 0. The highest BCUT2D eigenvalue weighted by Crippen LogP contribution is 2.33. The van der Waals surface area contributed by atoms with Crippen LogP contribution in [-0.4, -0.2) is 51.5 Å². The summed E-state index contributed by atoms with van der Waals surface area (Å²) in [4.78, 5) is 43.8. The molecular formula is C31H39N3O5. The van der Waals surface area contributed by atoms with Gasteiger partial charge in [0.25, 0.3) is 0 Å². The summed E-state index contributed by atoms with van der Waals surface area (Å²) < 4.78 is 12.8. The molecule has 8 nitrogen and oxygen atoms in total. The molecule has 1 aliphatic heterocycles. The maximum Gasteiger partial charge on any atom is 0.410 e. The van der Waals surface area contributed by atoms with Crippen LogP contribution in [0, 0.1) is 5.92 Å². The highest BCUT2D eigenvalue weighted by atomic mass is 16.6. The number of carbonyl (C=O) groups excluding carboxylic acids is 3. The van der Waals surface area contributed by atoms with Gasteiger partial charge in [-0.25, -0.2) is 9.78 Å². The number of carbonyl (C=O) groups is 3. The molecule has 1 atom stereocenters. The van der Waals surface area contributed by atoms with E-state index in [4.69, 9.17) is 14.5 Å². The van der Waals surface area contributed by atoms with Crippen molar-refractivity contribution in [3.05, 3.63) is 65.5 Å². The molecule has 1 aliphatic rings. The summed E-state index contributed by atoms with van der Waals surface area (Å²) in [5, 5.41) is 0. The van der Waals surface area contributed by atoms with Gasteiger partial charge in [0.2, 0.25) is 0 Å². The van der Waals surface area contributed by atoms with Gasteiger partial charge in [-0.2, -0.15) is 0 Å². The number of aryl methyl sites for hydroxylation is 1. The van der Waals surface area contributed by atoms with Crippen molar-refractivity contribution in [1.29, 1.82) is 0 Å². The third-order valence-electron chi connectivity index (χ3n) is 7.51. The minimum atomic E-state index is -0.272. The van der Waals surface area contributed by atoms with Gasteiger partial charge in [0.05, 0.1) is 17.1 Å². The first-order valence-electron chi connectivity index (χ1n) is 13.9. The van der Waals surface area contributed by atoms with Crippen LogP contribution >= 0.6 is 0 Å². The minimum Gasteiger partial charge on any atom is -0.463 e. The van der Waals surface area contributed by atoms with Crippen molar-refractivity contribution in [2.24, 2.45) is 13.0 Å². The Morgan fingerprint density at radius 3 is 2.41 bits per heavy atom. The molecule has 2 heterocycles. The summed E-state index contributed by atoms with van der Waals surface area (Å²) in [5.74, 6) is 1.31. The highest BCUT2D eigenvalue weighted by molar-refractivity contribution is 5.99. The van der Waals surface area contributed by atoms with E-state index >= 15 is 0 Å². The van der Waals surface area contributed by atoms with Gasteiger partial charge in [0.15, 0.2) is 5.78 Å². The van der Waals surface area contributed by atoms with Crippen molar-refractivity contribution in [2.75, 3.05) is 13.1 Å². The summed E-state index contributed by atoms with van der Waals surface area (Å²) in [7, 11) is 2.01. The number of imidazole rings is 1. The average molecular weight is 534 g/mol. The van der Waals surface area contributed by atoms with E-state index in [-0.39, 0.29) is 42.9 Å². The third kappa shape index (κ3) is 7.25. The number of hydrogen-bond acceptors (Lipinski definition) is 6. The number of rotatable bonds is 10. The zero-order chi connectivity index (χ0) is 27.9. The van der Waals surface area contributed by atoms with Crippen LogP contribution < -0.4 is 0 Å². The Morgan fingerprint density at radius 2 is 1.72 bits per heavy atom. The van der Waals surface area contributed by atoms with Gasteiger partial charge in [-0.05, 0) is 62.8 Å². The van der Waals surface area contributed by atoms with Crippen LogP contribution in [0.4, 0.5) is 4.79 Å². The van der Waals surface area contributed by atoms with Gasteiger partial charge in [0.1, 0.15) is 12.4 Å². The number of likely N-dealkylation sites (tertiary alicyclic amines) is 1. The summed E-state index contributed by atoms with van der Waals surface area (Å²) in [6.45, 7) is 7.43. The lowest BCUT2D eigenvalue weighted by molar-refractivity contribution is -0.147. The molecule has 1 saturated heterocycles. The van der Waals surface area contributed by atoms with Gasteiger partial charge < -0.3 is 18.9 Å². The maximum absolute atomic E-state index is 12.7. The van der Waals surface area contributed by atoms with E-state index in [9.17, 15) is 14.4 Å². The minimum absolute atomic E-state index is 0.000945. The van der Waals surface area contributed by atoms with Crippen LogP contribution in [-0.2, 0) is 27.9 Å². The molecule has 0 aliphatic carbocycles. The Hall–Kier alpha value is -3.68. The van der Waals surface area contributed by atoms with Gasteiger partial charge in [-0.1, -0.05) is 37.3 Å². The number of aromatic nitrogens is 2. The first-order valence-corrected chi connectivity index (χ1v) is 13.9. The quantitative estimate of drug-likeness (QED) is 0.233. The van der Waals surface area contributed by atoms with Crippen LogP contribution in [0.3, 0.4) is 0 Å².